The van der Waals surface area contributed by atoms with Gasteiger partial charge < -0.3 is 10.4 Å². The van der Waals surface area contributed by atoms with Crippen LogP contribution >= 0.6 is 0 Å². The Morgan fingerprint density at radius 2 is 2.31 bits per heavy atom. The van der Waals surface area contributed by atoms with Gasteiger partial charge in [0.1, 0.15) is 5.82 Å². The van der Waals surface area contributed by atoms with Crippen molar-refractivity contribution in [2.24, 2.45) is 5.92 Å². The molecule has 2 rings (SSSR count). The molecule has 1 saturated carbocycles. The second-order valence-electron chi connectivity index (χ2n) is 4.11. The minimum Gasteiger partial charge on any atom is -0.476 e. The highest BCUT2D eigenvalue weighted by Gasteiger charge is 2.16. The number of aromatic nitrogens is 2. The maximum absolute atomic E-state index is 10.7. The van der Waals surface area contributed by atoms with Crippen LogP contribution in [0.5, 0.6) is 0 Å². The highest BCUT2D eigenvalue weighted by Crippen LogP contribution is 2.28. The van der Waals surface area contributed by atoms with Crippen LogP contribution in [-0.4, -0.2) is 27.6 Å². The summed E-state index contributed by atoms with van der Waals surface area (Å²) in [7, 11) is 0. The van der Waals surface area contributed by atoms with E-state index in [0.29, 0.717) is 5.82 Å². The average Bonchev–Trinajstić information content (AvgIpc) is 2.22. The van der Waals surface area contributed by atoms with Crippen LogP contribution in [0.15, 0.2) is 12.4 Å². The lowest BCUT2D eigenvalue weighted by Crippen LogP contribution is -2.16. The number of carbonyl (C=O) groups is 1. The normalized spacial score (nSPS) is 15.5. The van der Waals surface area contributed by atoms with Crippen molar-refractivity contribution in [1.29, 1.82) is 0 Å². The summed E-state index contributed by atoms with van der Waals surface area (Å²) >= 11 is 0. The maximum atomic E-state index is 10.7. The van der Waals surface area contributed by atoms with Crippen LogP contribution in [0.4, 0.5) is 5.82 Å². The number of hydrogen-bond acceptors (Lipinski definition) is 4. The van der Waals surface area contributed by atoms with Gasteiger partial charge in [-0.1, -0.05) is 19.3 Å². The Kier molecular flexibility index (Phi) is 3.34. The number of carboxylic acids is 1. The van der Waals surface area contributed by atoms with Crippen LogP contribution in [0.2, 0.25) is 0 Å². The zero-order valence-electron chi connectivity index (χ0n) is 9.02. The SMILES string of the molecule is O=C(O)c1cncc(NCCC2CCC2)n1. The molecule has 1 aliphatic rings. The molecule has 2 N–H and O–H groups in total. The summed E-state index contributed by atoms with van der Waals surface area (Å²) in [5.74, 6) is 0.331. The summed E-state index contributed by atoms with van der Waals surface area (Å²) in [4.78, 5) is 18.4. The lowest BCUT2D eigenvalue weighted by molar-refractivity contribution is 0.0690. The Labute approximate surface area is 93.9 Å². The molecule has 5 heteroatoms. The van der Waals surface area contributed by atoms with E-state index in [9.17, 15) is 4.79 Å². The van der Waals surface area contributed by atoms with E-state index in [1.165, 1.54) is 25.5 Å². The first-order valence-electron chi connectivity index (χ1n) is 5.55. The average molecular weight is 221 g/mol. The van der Waals surface area contributed by atoms with Crippen LogP contribution in [0, 0.1) is 5.92 Å². The van der Waals surface area contributed by atoms with Gasteiger partial charge in [-0.3, -0.25) is 4.98 Å². The maximum Gasteiger partial charge on any atom is 0.356 e. The zero-order chi connectivity index (χ0) is 11.4. The van der Waals surface area contributed by atoms with Gasteiger partial charge in [0.25, 0.3) is 0 Å². The molecule has 1 aromatic heterocycles. The van der Waals surface area contributed by atoms with Crippen molar-refractivity contribution in [2.45, 2.75) is 25.7 Å². The van der Waals surface area contributed by atoms with Gasteiger partial charge in [0.2, 0.25) is 0 Å². The van der Waals surface area contributed by atoms with E-state index in [4.69, 9.17) is 5.11 Å². The van der Waals surface area contributed by atoms with Crippen molar-refractivity contribution in [2.75, 3.05) is 11.9 Å². The summed E-state index contributed by atoms with van der Waals surface area (Å²) in [5.41, 5.74) is -0.0198. The number of hydrogen-bond donors (Lipinski definition) is 2. The summed E-state index contributed by atoms with van der Waals surface area (Å²) in [6, 6.07) is 0. The third-order valence-corrected chi connectivity index (χ3v) is 2.94. The molecule has 1 aliphatic carbocycles. The van der Waals surface area contributed by atoms with E-state index in [-0.39, 0.29) is 5.69 Å². The Balaban J connectivity index is 1.83. The largest absolute Gasteiger partial charge is 0.476 e. The van der Waals surface area contributed by atoms with Gasteiger partial charge in [0, 0.05) is 6.54 Å². The minimum atomic E-state index is -1.05. The number of carboxylic acid groups (broad SMARTS) is 1. The molecule has 0 aromatic carbocycles. The molecule has 0 radical (unpaired) electrons. The van der Waals surface area contributed by atoms with Crippen LogP contribution < -0.4 is 5.32 Å². The molecular formula is C11H15N3O2. The van der Waals surface area contributed by atoms with E-state index < -0.39 is 5.97 Å². The third kappa shape index (κ3) is 2.68. The topological polar surface area (TPSA) is 75.1 Å². The predicted octanol–water partition coefficient (Wildman–Crippen LogP) is 1.78. The van der Waals surface area contributed by atoms with Gasteiger partial charge in [0.05, 0.1) is 12.4 Å². The van der Waals surface area contributed by atoms with Crippen LogP contribution in [0.3, 0.4) is 0 Å². The first kappa shape index (κ1) is 10.9. The standard InChI is InChI=1S/C11H15N3O2/c15-11(16)9-6-12-7-10(14-9)13-5-4-8-2-1-3-8/h6-8H,1-5H2,(H,13,14)(H,15,16). The Bertz CT molecular complexity index is 377. The summed E-state index contributed by atoms with van der Waals surface area (Å²) < 4.78 is 0. The lowest BCUT2D eigenvalue weighted by atomic mass is 9.83. The fraction of sp³-hybridized carbons (Fsp3) is 0.545. The van der Waals surface area contributed by atoms with Crippen molar-refractivity contribution in [1.82, 2.24) is 9.97 Å². The molecule has 0 bridgehead atoms. The Hall–Kier alpha value is -1.65. The van der Waals surface area contributed by atoms with E-state index >= 15 is 0 Å². The molecular weight excluding hydrogens is 206 g/mol. The Morgan fingerprint density at radius 1 is 1.50 bits per heavy atom. The van der Waals surface area contributed by atoms with Gasteiger partial charge in [0.15, 0.2) is 5.69 Å². The van der Waals surface area contributed by atoms with E-state index in [2.05, 4.69) is 15.3 Å². The number of anilines is 1. The van der Waals surface area contributed by atoms with Gasteiger partial charge in [-0.05, 0) is 12.3 Å². The zero-order valence-corrected chi connectivity index (χ0v) is 9.02. The van der Waals surface area contributed by atoms with Crippen LogP contribution in [0.1, 0.15) is 36.2 Å². The number of aromatic carboxylic acids is 1. The molecule has 5 nitrogen and oxygen atoms in total. The molecule has 0 amide bonds. The molecule has 16 heavy (non-hydrogen) atoms. The van der Waals surface area contributed by atoms with Crippen molar-refractivity contribution in [3.8, 4) is 0 Å². The quantitative estimate of drug-likeness (QED) is 0.792. The first-order chi connectivity index (χ1) is 7.75. The Morgan fingerprint density at radius 3 is 2.94 bits per heavy atom. The monoisotopic (exact) mass is 221 g/mol. The van der Waals surface area contributed by atoms with Crippen LogP contribution in [-0.2, 0) is 0 Å². The van der Waals surface area contributed by atoms with Gasteiger partial charge in [-0.25, -0.2) is 9.78 Å². The van der Waals surface area contributed by atoms with E-state index in [1.54, 1.807) is 6.20 Å². The second kappa shape index (κ2) is 4.92. The number of rotatable bonds is 5. The van der Waals surface area contributed by atoms with Crippen molar-refractivity contribution >= 4 is 11.8 Å². The molecule has 0 saturated heterocycles. The lowest BCUT2D eigenvalue weighted by Gasteiger charge is -2.25. The summed E-state index contributed by atoms with van der Waals surface area (Å²) in [6.45, 7) is 0.836. The smallest absolute Gasteiger partial charge is 0.356 e. The molecule has 1 heterocycles. The molecule has 1 aromatic rings. The molecule has 0 aliphatic heterocycles. The number of nitrogens with zero attached hydrogens (tertiary/aromatic N) is 2. The summed E-state index contributed by atoms with van der Waals surface area (Å²) in [5, 5.41) is 11.8. The van der Waals surface area contributed by atoms with Crippen molar-refractivity contribution in [3.05, 3.63) is 18.1 Å². The molecule has 1 fully saturated rings. The van der Waals surface area contributed by atoms with E-state index in [0.717, 1.165) is 18.9 Å². The van der Waals surface area contributed by atoms with Crippen LogP contribution in [0.25, 0.3) is 0 Å². The van der Waals surface area contributed by atoms with Gasteiger partial charge in [-0.2, -0.15) is 0 Å². The number of nitrogens with one attached hydrogen (secondary N) is 1. The fourth-order valence-corrected chi connectivity index (χ4v) is 1.74. The summed E-state index contributed by atoms with van der Waals surface area (Å²) in [6.07, 6.45) is 7.91. The third-order valence-electron chi connectivity index (χ3n) is 2.94. The van der Waals surface area contributed by atoms with Crippen molar-refractivity contribution in [3.63, 3.8) is 0 Å². The molecule has 0 atom stereocenters. The van der Waals surface area contributed by atoms with Gasteiger partial charge in [-0.15, -0.1) is 0 Å². The second-order valence-corrected chi connectivity index (χ2v) is 4.11. The van der Waals surface area contributed by atoms with E-state index in [1.807, 2.05) is 0 Å². The first-order valence-corrected chi connectivity index (χ1v) is 5.55. The highest BCUT2D eigenvalue weighted by molar-refractivity contribution is 5.85. The molecule has 0 spiro atoms. The highest BCUT2D eigenvalue weighted by atomic mass is 16.4. The minimum absolute atomic E-state index is 0.0198. The predicted molar refractivity (Wildman–Crippen MR) is 59.4 cm³/mol. The van der Waals surface area contributed by atoms with Crippen molar-refractivity contribution < 1.29 is 9.90 Å². The molecule has 0 unspecified atom stereocenters. The fourth-order valence-electron chi connectivity index (χ4n) is 1.74. The van der Waals surface area contributed by atoms with Gasteiger partial charge >= 0.3 is 5.97 Å². The molecule has 86 valence electrons.